The van der Waals surface area contributed by atoms with Crippen molar-refractivity contribution < 1.29 is 0 Å². The van der Waals surface area contributed by atoms with Crippen LogP contribution in [-0.2, 0) is 12.8 Å². The smallest absolute Gasteiger partial charge is 0.0297 e. The van der Waals surface area contributed by atoms with Gasteiger partial charge in [-0.3, -0.25) is 0 Å². The first-order chi connectivity index (χ1) is 8.40. The van der Waals surface area contributed by atoms with Crippen LogP contribution < -0.4 is 5.32 Å². The van der Waals surface area contributed by atoms with Gasteiger partial charge < -0.3 is 5.32 Å². The van der Waals surface area contributed by atoms with Gasteiger partial charge in [0.05, 0.1) is 0 Å². The largest absolute Gasteiger partial charge is 0.307 e. The van der Waals surface area contributed by atoms with Gasteiger partial charge in [-0.15, -0.1) is 0 Å². The third-order valence-corrected chi connectivity index (χ3v) is 3.93. The number of nitrogens with one attached hydrogen (secondary N) is 1. The van der Waals surface area contributed by atoms with Crippen LogP contribution in [0.5, 0.6) is 0 Å². The van der Waals surface area contributed by atoms with E-state index in [4.69, 9.17) is 0 Å². The van der Waals surface area contributed by atoms with Crippen molar-refractivity contribution in [1.29, 1.82) is 0 Å². The van der Waals surface area contributed by atoms with Gasteiger partial charge in [0.15, 0.2) is 0 Å². The van der Waals surface area contributed by atoms with Gasteiger partial charge >= 0.3 is 0 Å². The maximum absolute atomic E-state index is 3.71. The van der Waals surface area contributed by atoms with Crippen LogP contribution in [0.1, 0.15) is 63.8 Å². The first-order valence-electron chi connectivity index (χ1n) is 7.27. The highest BCUT2D eigenvalue weighted by atomic mass is 15.0. The van der Waals surface area contributed by atoms with Crippen LogP contribution in [0, 0.1) is 5.41 Å². The molecule has 0 aromatic heterocycles. The van der Waals surface area contributed by atoms with E-state index in [1.54, 1.807) is 11.1 Å². The van der Waals surface area contributed by atoms with Crippen LogP contribution in [-0.4, -0.2) is 6.04 Å². The SMILES string of the molecule is CC[C@H]1Cc2c(CC(C)(C)C)cccc2[C@H](C)N1. The number of rotatable bonds is 2. The summed E-state index contributed by atoms with van der Waals surface area (Å²) in [5.74, 6) is 0. The van der Waals surface area contributed by atoms with E-state index < -0.39 is 0 Å². The lowest BCUT2D eigenvalue weighted by Gasteiger charge is -2.33. The van der Waals surface area contributed by atoms with Crippen molar-refractivity contribution in [2.45, 2.75) is 66.0 Å². The van der Waals surface area contributed by atoms with E-state index in [1.807, 2.05) is 0 Å². The van der Waals surface area contributed by atoms with Gasteiger partial charge in [-0.25, -0.2) is 0 Å². The topological polar surface area (TPSA) is 12.0 Å². The molecule has 0 saturated heterocycles. The summed E-state index contributed by atoms with van der Waals surface area (Å²) in [5, 5.41) is 3.71. The Bertz CT molecular complexity index is 414. The molecule has 0 radical (unpaired) electrons. The quantitative estimate of drug-likeness (QED) is 0.821. The number of hydrogen-bond donors (Lipinski definition) is 1. The highest BCUT2D eigenvalue weighted by Crippen LogP contribution is 2.32. The summed E-state index contributed by atoms with van der Waals surface area (Å²) in [7, 11) is 0. The Hall–Kier alpha value is -0.820. The predicted molar refractivity (Wildman–Crippen MR) is 78.9 cm³/mol. The van der Waals surface area contributed by atoms with Crippen LogP contribution >= 0.6 is 0 Å². The van der Waals surface area contributed by atoms with Crippen molar-refractivity contribution in [2.75, 3.05) is 0 Å². The van der Waals surface area contributed by atoms with E-state index in [0.29, 0.717) is 17.5 Å². The van der Waals surface area contributed by atoms with Crippen LogP contribution in [0.2, 0.25) is 0 Å². The molecule has 1 N–H and O–H groups in total. The van der Waals surface area contributed by atoms with Gasteiger partial charge in [-0.05, 0) is 48.3 Å². The van der Waals surface area contributed by atoms with Crippen molar-refractivity contribution in [3.8, 4) is 0 Å². The van der Waals surface area contributed by atoms with Crippen molar-refractivity contribution in [1.82, 2.24) is 5.32 Å². The van der Waals surface area contributed by atoms with Crippen LogP contribution in [0.25, 0.3) is 0 Å². The monoisotopic (exact) mass is 245 g/mol. The molecule has 1 aromatic rings. The summed E-state index contributed by atoms with van der Waals surface area (Å²) < 4.78 is 0. The molecule has 2 atom stereocenters. The highest BCUT2D eigenvalue weighted by Gasteiger charge is 2.25. The summed E-state index contributed by atoms with van der Waals surface area (Å²) in [6.45, 7) is 11.6. The molecule has 0 unspecified atom stereocenters. The maximum Gasteiger partial charge on any atom is 0.0297 e. The molecule has 1 aliphatic heterocycles. The lowest BCUT2D eigenvalue weighted by Crippen LogP contribution is -2.38. The Morgan fingerprint density at radius 2 is 2.00 bits per heavy atom. The Kier molecular flexibility index (Phi) is 3.82. The molecule has 0 bridgehead atoms. The van der Waals surface area contributed by atoms with Gasteiger partial charge in [-0.1, -0.05) is 45.9 Å². The minimum atomic E-state index is 0.366. The molecule has 1 heterocycles. The highest BCUT2D eigenvalue weighted by molar-refractivity contribution is 5.40. The minimum Gasteiger partial charge on any atom is -0.307 e. The molecule has 0 spiro atoms. The first-order valence-corrected chi connectivity index (χ1v) is 7.27. The van der Waals surface area contributed by atoms with E-state index in [0.717, 1.165) is 0 Å². The summed E-state index contributed by atoms with van der Waals surface area (Å²) in [4.78, 5) is 0. The summed E-state index contributed by atoms with van der Waals surface area (Å²) >= 11 is 0. The lowest BCUT2D eigenvalue weighted by atomic mass is 9.80. The summed E-state index contributed by atoms with van der Waals surface area (Å²) in [5.41, 5.74) is 5.06. The second-order valence-electron chi connectivity index (χ2n) is 6.92. The van der Waals surface area contributed by atoms with Crippen LogP contribution in [0.15, 0.2) is 18.2 Å². The first kappa shape index (κ1) is 13.6. The van der Waals surface area contributed by atoms with E-state index in [2.05, 4.69) is 58.1 Å². The zero-order valence-electron chi connectivity index (χ0n) is 12.5. The predicted octanol–water partition coefficient (Wildman–Crippen LogP) is 4.26. The zero-order chi connectivity index (χ0) is 13.3. The molecule has 100 valence electrons. The molecule has 0 fully saturated rings. The van der Waals surface area contributed by atoms with Gasteiger partial charge in [0, 0.05) is 12.1 Å². The molecule has 0 aliphatic carbocycles. The minimum absolute atomic E-state index is 0.366. The second kappa shape index (κ2) is 5.05. The molecule has 0 amide bonds. The summed E-state index contributed by atoms with van der Waals surface area (Å²) in [6, 6.07) is 8.00. The third kappa shape index (κ3) is 2.95. The van der Waals surface area contributed by atoms with E-state index in [-0.39, 0.29) is 0 Å². The van der Waals surface area contributed by atoms with E-state index in [9.17, 15) is 0 Å². The molecular weight excluding hydrogens is 218 g/mol. The van der Waals surface area contributed by atoms with Crippen molar-refractivity contribution in [2.24, 2.45) is 5.41 Å². The van der Waals surface area contributed by atoms with Gasteiger partial charge in [0.25, 0.3) is 0 Å². The van der Waals surface area contributed by atoms with Crippen LogP contribution in [0.3, 0.4) is 0 Å². The molecule has 18 heavy (non-hydrogen) atoms. The number of benzene rings is 1. The Morgan fingerprint density at radius 3 is 2.61 bits per heavy atom. The molecule has 0 saturated carbocycles. The fourth-order valence-electron chi connectivity index (χ4n) is 3.06. The van der Waals surface area contributed by atoms with Crippen molar-refractivity contribution >= 4 is 0 Å². The fraction of sp³-hybridized carbons (Fsp3) is 0.647. The molecule has 1 aromatic carbocycles. The molecule has 1 nitrogen and oxygen atoms in total. The molecular formula is C17H27N. The second-order valence-corrected chi connectivity index (χ2v) is 6.92. The Labute approximate surface area is 112 Å². The summed E-state index contributed by atoms with van der Waals surface area (Å²) in [6.07, 6.45) is 3.59. The van der Waals surface area contributed by atoms with E-state index in [1.165, 1.54) is 24.8 Å². The van der Waals surface area contributed by atoms with Crippen LogP contribution in [0.4, 0.5) is 0 Å². The van der Waals surface area contributed by atoms with Crippen molar-refractivity contribution in [3.05, 3.63) is 34.9 Å². The van der Waals surface area contributed by atoms with Gasteiger partial charge in [0.1, 0.15) is 0 Å². The molecule has 1 aliphatic rings. The average Bonchev–Trinajstić information content (AvgIpc) is 2.28. The number of hydrogen-bond acceptors (Lipinski definition) is 1. The average molecular weight is 245 g/mol. The van der Waals surface area contributed by atoms with Crippen molar-refractivity contribution in [3.63, 3.8) is 0 Å². The Balaban J connectivity index is 2.36. The third-order valence-electron chi connectivity index (χ3n) is 3.93. The van der Waals surface area contributed by atoms with Gasteiger partial charge in [-0.2, -0.15) is 0 Å². The maximum atomic E-state index is 3.71. The van der Waals surface area contributed by atoms with E-state index >= 15 is 0 Å². The zero-order valence-corrected chi connectivity index (χ0v) is 12.5. The number of fused-ring (bicyclic) bond motifs is 1. The Morgan fingerprint density at radius 1 is 1.28 bits per heavy atom. The molecule has 1 heteroatoms. The normalized spacial score (nSPS) is 23.8. The fourth-order valence-corrected chi connectivity index (χ4v) is 3.06. The standard InChI is InChI=1S/C17H27N/c1-6-14-10-16-13(11-17(3,4)5)8-7-9-15(16)12(2)18-14/h7-9,12,14,18H,6,10-11H2,1-5H3/t12-,14-/m0/s1. The molecule has 2 rings (SSSR count). The van der Waals surface area contributed by atoms with Gasteiger partial charge in [0.2, 0.25) is 0 Å². The lowest BCUT2D eigenvalue weighted by molar-refractivity contribution is 0.391.